The molecule has 5 nitrogen and oxygen atoms in total. The summed E-state index contributed by atoms with van der Waals surface area (Å²) in [5.41, 5.74) is 7.59. The fourth-order valence-corrected chi connectivity index (χ4v) is 2.32. The predicted octanol–water partition coefficient (Wildman–Crippen LogP) is 2.16. The molecule has 2 N–H and O–H groups in total. The third-order valence-corrected chi connectivity index (χ3v) is 3.27. The van der Waals surface area contributed by atoms with E-state index in [4.69, 9.17) is 15.2 Å². The van der Waals surface area contributed by atoms with Crippen molar-refractivity contribution in [3.8, 4) is 22.8 Å². The molecule has 0 bridgehead atoms. The van der Waals surface area contributed by atoms with Crippen LogP contribution in [0.15, 0.2) is 22.9 Å². The molecule has 88 valence electrons. The van der Waals surface area contributed by atoms with E-state index in [0.29, 0.717) is 11.6 Å². The summed E-state index contributed by atoms with van der Waals surface area (Å²) in [5, 5.41) is 0. The summed E-state index contributed by atoms with van der Waals surface area (Å²) in [5.74, 6) is 2.05. The number of imidazole rings is 1. The van der Waals surface area contributed by atoms with Crippen molar-refractivity contribution in [3.63, 3.8) is 0 Å². The Morgan fingerprint density at radius 1 is 1.41 bits per heavy atom. The molecule has 0 atom stereocenters. The molecule has 1 aliphatic heterocycles. The second kappa shape index (κ2) is 3.66. The molecule has 1 aromatic carbocycles. The van der Waals surface area contributed by atoms with Gasteiger partial charge in [0.1, 0.15) is 11.5 Å². The number of fused-ring (bicyclic) bond motifs is 1. The Hall–Kier alpha value is -1.69. The molecule has 0 spiro atoms. The molecular formula is C11H10BrN3O2. The van der Waals surface area contributed by atoms with Crippen LogP contribution in [-0.4, -0.2) is 16.3 Å². The van der Waals surface area contributed by atoms with Crippen molar-refractivity contribution in [1.82, 2.24) is 9.55 Å². The zero-order chi connectivity index (χ0) is 12.0. The van der Waals surface area contributed by atoms with E-state index in [9.17, 15) is 0 Å². The summed E-state index contributed by atoms with van der Waals surface area (Å²) in [6.07, 6.45) is 1.68. The maximum absolute atomic E-state index is 5.94. The van der Waals surface area contributed by atoms with Gasteiger partial charge >= 0.3 is 0 Å². The van der Waals surface area contributed by atoms with Gasteiger partial charge < -0.3 is 19.8 Å². The van der Waals surface area contributed by atoms with E-state index in [1.165, 1.54) is 0 Å². The van der Waals surface area contributed by atoms with Crippen molar-refractivity contribution in [2.45, 2.75) is 0 Å². The summed E-state index contributed by atoms with van der Waals surface area (Å²) in [6, 6.07) is 3.80. The molecule has 0 saturated heterocycles. The van der Waals surface area contributed by atoms with Crippen LogP contribution >= 0.6 is 15.9 Å². The Labute approximate surface area is 106 Å². The van der Waals surface area contributed by atoms with Gasteiger partial charge in [0.05, 0.1) is 10.8 Å². The first-order chi connectivity index (χ1) is 8.16. The van der Waals surface area contributed by atoms with Gasteiger partial charge in [-0.05, 0) is 28.1 Å². The molecule has 6 heteroatoms. The maximum atomic E-state index is 5.94. The van der Waals surface area contributed by atoms with Crippen LogP contribution in [0.2, 0.25) is 0 Å². The number of anilines is 1. The summed E-state index contributed by atoms with van der Waals surface area (Å²) >= 11 is 3.45. The topological polar surface area (TPSA) is 62.3 Å². The van der Waals surface area contributed by atoms with E-state index in [2.05, 4.69) is 20.9 Å². The Bertz CT molecular complexity index is 595. The molecule has 0 aliphatic carbocycles. The first kappa shape index (κ1) is 10.5. The van der Waals surface area contributed by atoms with Crippen molar-refractivity contribution in [2.24, 2.45) is 7.05 Å². The van der Waals surface area contributed by atoms with E-state index in [0.717, 1.165) is 21.5 Å². The van der Waals surface area contributed by atoms with E-state index < -0.39 is 0 Å². The summed E-state index contributed by atoms with van der Waals surface area (Å²) in [7, 11) is 1.86. The molecule has 3 rings (SSSR count). The van der Waals surface area contributed by atoms with Crippen molar-refractivity contribution in [2.75, 3.05) is 12.5 Å². The van der Waals surface area contributed by atoms with Gasteiger partial charge in [0.2, 0.25) is 6.79 Å². The van der Waals surface area contributed by atoms with Crippen LogP contribution in [0.25, 0.3) is 11.3 Å². The third-order valence-electron chi connectivity index (χ3n) is 2.68. The number of rotatable bonds is 1. The second-order valence-corrected chi connectivity index (χ2v) is 4.64. The predicted molar refractivity (Wildman–Crippen MR) is 66.9 cm³/mol. The van der Waals surface area contributed by atoms with Gasteiger partial charge in [-0.25, -0.2) is 4.98 Å². The highest BCUT2D eigenvalue weighted by molar-refractivity contribution is 9.10. The first-order valence-corrected chi connectivity index (χ1v) is 5.82. The smallest absolute Gasteiger partial charge is 0.231 e. The van der Waals surface area contributed by atoms with Crippen molar-refractivity contribution >= 4 is 21.7 Å². The second-order valence-electron chi connectivity index (χ2n) is 3.78. The van der Waals surface area contributed by atoms with Crippen LogP contribution < -0.4 is 15.2 Å². The number of aromatic nitrogens is 2. The molecule has 0 amide bonds. The molecule has 1 aromatic heterocycles. The minimum Gasteiger partial charge on any atom is -0.454 e. The number of nitrogens with two attached hydrogens (primary N) is 1. The molecule has 2 heterocycles. The average Bonchev–Trinajstić information content (AvgIpc) is 2.88. The Morgan fingerprint density at radius 2 is 2.24 bits per heavy atom. The van der Waals surface area contributed by atoms with Crippen LogP contribution in [0.5, 0.6) is 11.5 Å². The zero-order valence-corrected chi connectivity index (χ0v) is 10.7. The normalized spacial score (nSPS) is 13.1. The average molecular weight is 296 g/mol. The fourth-order valence-electron chi connectivity index (χ4n) is 1.77. The standard InChI is InChI=1S/C11H10BrN3O2/c1-15-4-14-9(11(15)13)6-2-7(12)10-8(3-6)16-5-17-10/h2-4H,5,13H2,1H3. The number of nitrogen functional groups attached to an aromatic ring is 1. The molecule has 0 saturated carbocycles. The third kappa shape index (κ3) is 1.56. The number of halogens is 1. The highest BCUT2D eigenvalue weighted by Crippen LogP contribution is 2.42. The Kier molecular flexibility index (Phi) is 2.25. The molecule has 1 aliphatic rings. The SMILES string of the molecule is Cn1cnc(-c2cc(Br)c3c(c2)OCO3)c1N. The fraction of sp³-hybridized carbons (Fsp3) is 0.182. The van der Waals surface area contributed by atoms with Crippen LogP contribution in [0.3, 0.4) is 0 Å². The molecule has 17 heavy (non-hydrogen) atoms. The highest BCUT2D eigenvalue weighted by atomic mass is 79.9. The van der Waals surface area contributed by atoms with Gasteiger partial charge in [-0.1, -0.05) is 0 Å². The molecule has 0 unspecified atom stereocenters. The van der Waals surface area contributed by atoms with Gasteiger partial charge in [0.25, 0.3) is 0 Å². The minimum atomic E-state index is 0.245. The summed E-state index contributed by atoms with van der Waals surface area (Å²) < 4.78 is 13.3. The van der Waals surface area contributed by atoms with Crippen molar-refractivity contribution < 1.29 is 9.47 Å². The number of hydrogen-bond donors (Lipinski definition) is 1. The molecule has 0 radical (unpaired) electrons. The van der Waals surface area contributed by atoms with Gasteiger partial charge in [0, 0.05) is 12.6 Å². The lowest BCUT2D eigenvalue weighted by Gasteiger charge is -2.04. The van der Waals surface area contributed by atoms with E-state index in [-0.39, 0.29) is 6.79 Å². The number of ether oxygens (including phenoxy) is 2. The lowest BCUT2D eigenvalue weighted by Crippen LogP contribution is -1.95. The van der Waals surface area contributed by atoms with Crippen LogP contribution in [-0.2, 0) is 7.05 Å². The molecular weight excluding hydrogens is 286 g/mol. The summed E-state index contributed by atoms with van der Waals surface area (Å²) in [4.78, 5) is 4.27. The zero-order valence-electron chi connectivity index (χ0n) is 9.11. The van der Waals surface area contributed by atoms with Crippen molar-refractivity contribution in [3.05, 3.63) is 22.9 Å². The Balaban J connectivity index is 2.16. The number of benzene rings is 1. The Morgan fingerprint density at radius 3 is 2.94 bits per heavy atom. The maximum Gasteiger partial charge on any atom is 0.231 e. The highest BCUT2D eigenvalue weighted by Gasteiger charge is 2.20. The van der Waals surface area contributed by atoms with E-state index >= 15 is 0 Å². The van der Waals surface area contributed by atoms with E-state index in [1.807, 2.05) is 19.2 Å². The van der Waals surface area contributed by atoms with Crippen LogP contribution in [0.4, 0.5) is 5.82 Å². The number of nitrogens with zero attached hydrogens (tertiary/aromatic N) is 2. The monoisotopic (exact) mass is 295 g/mol. The number of hydrogen-bond acceptors (Lipinski definition) is 4. The molecule has 0 fully saturated rings. The number of aryl methyl sites for hydroxylation is 1. The largest absolute Gasteiger partial charge is 0.454 e. The van der Waals surface area contributed by atoms with Crippen LogP contribution in [0, 0.1) is 0 Å². The molecule has 2 aromatic rings. The van der Waals surface area contributed by atoms with Gasteiger partial charge in [-0.3, -0.25) is 0 Å². The van der Waals surface area contributed by atoms with Gasteiger partial charge in [0.15, 0.2) is 11.5 Å². The quantitative estimate of drug-likeness (QED) is 0.876. The first-order valence-electron chi connectivity index (χ1n) is 5.03. The van der Waals surface area contributed by atoms with E-state index in [1.54, 1.807) is 10.9 Å². The summed E-state index contributed by atoms with van der Waals surface area (Å²) in [6.45, 7) is 0.245. The van der Waals surface area contributed by atoms with Gasteiger partial charge in [-0.2, -0.15) is 0 Å². The lowest BCUT2D eigenvalue weighted by atomic mass is 10.1. The van der Waals surface area contributed by atoms with Gasteiger partial charge in [-0.15, -0.1) is 0 Å². The minimum absolute atomic E-state index is 0.245. The van der Waals surface area contributed by atoms with Crippen LogP contribution in [0.1, 0.15) is 0 Å². The lowest BCUT2D eigenvalue weighted by molar-refractivity contribution is 0.173. The van der Waals surface area contributed by atoms with Crippen molar-refractivity contribution in [1.29, 1.82) is 0 Å².